The maximum atomic E-state index is 12.9. The van der Waals surface area contributed by atoms with Crippen molar-refractivity contribution in [3.63, 3.8) is 0 Å². The van der Waals surface area contributed by atoms with Crippen molar-refractivity contribution in [3.05, 3.63) is 24.3 Å². The predicted molar refractivity (Wildman–Crippen MR) is 330 cm³/mol. The van der Waals surface area contributed by atoms with Crippen molar-refractivity contribution in [2.75, 3.05) is 13.2 Å². The van der Waals surface area contributed by atoms with Gasteiger partial charge in [-0.15, -0.1) is 0 Å². The summed E-state index contributed by atoms with van der Waals surface area (Å²) in [5.74, 6) is -0.842. The van der Waals surface area contributed by atoms with Gasteiger partial charge in [0.2, 0.25) is 0 Å². The normalized spacial score (nSPS) is 12.1. The van der Waals surface area contributed by atoms with Gasteiger partial charge >= 0.3 is 17.9 Å². The minimum atomic E-state index is -0.771. The highest BCUT2D eigenvalue weighted by molar-refractivity contribution is 5.71. The Balaban J connectivity index is 4.30. The first-order valence-corrected chi connectivity index (χ1v) is 34.3. The summed E-state index contributed by atoms with van der Waals surface area (Å²) >= 11 is 0. The van der Waals surface area contributed by atoms with E-state index in [0.29, 0.717) is 19.3 Å². The number of carbonyl (C=O) groups is 3. The summed E-state index contributed by atoms with van der Waals surface area (Å²) in [4.78, 5) is 38.4. The summed E-state index contributed by atoms with van der Waals surface area (Å²) in [5.41, 5.74) is 0. The molecule has 0 bridgehead atoms. The zero-order valence-electron chi connectivity index (χ0n) is 51.6. The fraction of sp³-hybridized carbons (Fsp3) is 0.900. The average Bonchev–Trinajstić information content (AvgIpc) is 3.42. The molecule has 6 nitrogen and oxygen atoms in total. The summed E-state index contributed by atoms with van der Waals surface area (Å²) in [5, 5.41) is 0. The van der Waals surface area contributed by atoms with Gasteiger partial charge < -0.3 is 14.2 Å². The topological polar surface area (TPSA) is 78.9 Å². The molecule has 0 rings (SSSR count). The van der Waals surface area contributed by atoms with E-state index in [2.05, 4.69) is 45.1 Å². The predicted octanol–water partition coefficient (Wildman–Crippen LogP) is 23.4. The Morgan fingerprint density at radius 1 is 0.263 bits per heavy atom. The van der Waals surface area contributed by atoms with Crippen molar-refractivity contribution in [2.24, 2.45) is 0 Å². The maximum Gasteiger partial charge on any atom is 0.306 e. The van der Waals surface area contributed by atoms with Crippen LogP contribution in [0, 0.1) is 0 Å². The Hall–Kier alpha value is -2.11. The van der Waals surface area contributed by atoms with Crippen molar-refractivity contribution in [1.29, 1.82) is 0 Å². The van der Waals surface area contributed by atoms with Crippen LogP contribution in [-0.4, -0.2) is 37.2 Å². The van der Waals surface area contributed by atoms with Crippen LogP contribution in [-0.2, 0) is 28.6 Å². The van der Waals surface area contributed by atoms with Gasteiger partial charge in [0.1, 0.15) is 13.2 Å². The SMILES string of the molecule is CCCCCC/C=C\C/C=C\CCCCCCCCCC(=O)OCC(COC(=O)CCCCCCCCCCCCCCCCCCCCCCC)OC(=O)CCCCCCCCCCCCCCCCCCCCC. The Morgan fingerprint density at radius 3 is 0.737 bits per heavy atom. The second-order valence-corrected chi connectivity index (χ2v) is 23.5. The highest BCUT2D eigenvalue weighted by atomic mass is 16.6. The van der Waals surface area contributed by atoms with E-state index in [0.717, 1.165) is 70.6 Å². The molecular weight excluding hydrogens is 937 g/mol. The van der Waals surface area contributed by atoms with Gasteiger partial charge in [-0.2, -0.15) is 0 Å². The van der Waals surface area contributed by atoms with Crippen LogP contribution in [0.3, 0.4) is 0 Å². The molecule has 0 saturated carbocycles. The van der Waals surface area contributed by atoms with Crippen LogP contribution in [0.1, 0.15) is 387 Å². The van der Waals surface area contributed by atoms with E-state index in [1.165, 1.54) is 276 Å². The standard InChI is InChI=1S/C70H132O6/c1-4-7-10-13-16-19-22-25-28-31-34-35-37-39-42-45-48-51-54-57-60-63-69(72)75-66-67(65-74-68(71)62-59-56-53-50-47-44-41-38-33-30-27-24-21-18-15-12-9-6-3)76-70(73)64-61-58-55-52-49-46-43-40-36-32-29-26-23-20-17-14-11-8-5-2/h21,24,30,33,67H,4-20,22-23,25-29,31-32,34-66H2,1-3H3/b24-21-,33-30-. The zero-order valence-corrected chi connectivity index (χ0v) is 51.6. The quantitative estimate of drug-likeness (QED) is 0.0261. The molecule has 0 saturated heterocycles. The lowest BCUT2D eigenvalue weighted by molar-refractivity contribution is -0.167. The number of hydrogen-bond donors (Lipinski definition) is 0. The van der Waals surface area contributed by atoms with E-state index in [4.69, 9.17) is 14.2 Å². The Labute approximate surface area is 474 Å². The number of ether oxygens (including phenoxy) is 3. The Bertz CT molecular complexity index is 1230. The Kier molecular flexibility index (Phi) is 63.6. The van der Waals surface area contributed by atoms with Crippen molar-refractivity contribution in [1.82, 2.24) is 0 Å². The highest BCUT2D eigenvalue weighted by Gasteiger charge is 2.19. The number of allylic oxidation sites excluding steroid dienone is 4. The van der Waals surface area contributed by atoms with E-state index < -0.39 is 6.10 Å². The molecule has 0 aromatic rings. The first-order valence-electron chi connectivity index (χ1n) is 34.3. The summed E-state index contributed by atoms with van der Waals surface area (Å²) in [7, 11) is 0. The number of esters is 3. The third-order valence-electron chi connectivity index (χ3n) is 15.7. The molecule has 1 unspecified atom stereocenters. The van der Waals surface area contributed by atoms with Gasteiger partial charge in [0.25, 0.3) is 0 Å². The van der Waals surface area contributed by atoms with E-state index in [9.17, 15) is 14.4 Å². The largest absolute Gasteiger partial charge is 0.462 e. The molecule has 0 spiro atoms. The molecule has 0 aliphatic rings. The molecule has 0 aromatic heterocycles. The van der Waals surface area contributed by atoms with Gasteiger partial charge in [0.05, 0.1) is 0 Å². The number of unbranched alkanes of at least 4 members (excludes halogenated alkanes) is 49. The summed E-state index contributed by atoms with van der Waals surface area (Å²) in [6.45, 7) is 6.70. The average molecular weight is 1070 g/mol. The molecule has 0 amide bonds. The monoisotopic (exact) mass is 1070 g/mol. The van der Waals surface area contributed by atoms with Crippen LogP contribution in [0.5, 0.6) is 0 Å². The van der Waals surface area contributed by atoms with Crippen LogP contribution in [0.15, 0.2) is 24.3 Å². The first-order chi connectivity index (χ1) is 37.5. The lowest BCUT2D eigenvalue weighted by atomic mass is 10.0. The first kappa shape index (κ1) is 73.9. The molecule has 448 valence electrons. The van der Waals surface area contributed by atoms with Crippen LogP contribution in [0.25, 0.3) is 0 Å². The van der Waals surface area contributed by atoms with E-state index in [1.54, 1.807) is 0 Å². The van der Waals surface area contributed by atoms with Gasteiger partial charge in [0.15, 0.2) is 6.10 Å². The van der Waals surface area contributed by atoms with Crippen molar-refractivity contribution < 1.29 is 28.6 Å². The smallest absolute Gasteiger partial charge is 0.306 e. The fourth-order valence-electron chi connectivity index (χ4n) is 10.5. The molecular formula is C70H132O6. The molecule has 0 radical (unpaired) electrons. The number of rotatable bonds is 64. The molecule has 0 aromatic carbocycles. The molecule has 0 aliphatic heterocycles. The van der Waals surface area contributed by atoms with Crippen LogP contribution in [0.2, 0.25) is 0 Å². The van der Waals surface area contributed by atoms with Gasteiger partial charge in [-0.3, -0.25) is 14.4 Å². The second kappa shape index (κ2) is 65.4. The Morgan fingerprint density at radius 2 is 0.474 bits per heavy atom. The molecule has 76 heavy (non-hydrogen) atoms. The molecule has 1 atom stereocenters. The van der Waals surface area contributed by atoms with Crippen LogP contribution in [0.4, 0.5) is 0 Å². The van der Waals surface area contributed by atoms with Gasteiger partial charge in [-0.1, -0.05) is 340 Å². The summed E-state index contributed by atoms with van der Waals surface area (Å²) in [6, 6.07) is 0. The number of carbonyl (C=O) groups excluding carboxylic acids is 3. The molecule has 0 fully saturated rings. The lowest BCUT2D eigenvalue weighted by Gasteiger charge is -2.18. The summed E-state index contributed by atoms with van der Waals surface area (Å²) < 4.78 is 17.0. The van der Waals surface area contributed by atoms with Crippen molar-refractivity contribution >= 4 is 17.9 Å². The van der Waals surface area contributed by atoms with E-state index in [1.807, 2.05) is 0 Å². The van der Waals surface area contributed by atoms with Crippen LogP contribution >= 0.6 is 0 Å². The van der Waals surface area contributed by atoms with Crippen LogP contribution < -0.4 is 0 Å². The van der Waals surface area contributed by atoms with Crippen molar-refractivity contribution in [3.8, 4) is 0 Å². The van der Waals surface area contributed by atoms with Gasteiger partial charge in [-0.05, 0) is 51.4 Å². The molecule has 0 aliphatic carbocycles. The number of hydrogen-bond acceptors (Lipinski definition) is 6. The van der Waals surface area contributed by atoms with Crippen molar-refractivity contribution in [2.45, 2.75) is 393 Å². The second-order valence-electron chi connectivity index (χ2n) is 23.5. The van der Waals surface area contributed by atoms with E-state index in [-0.39, 0.29) is 31.1 Å². The molecule has 0 heterocycles. The third-order valence-corrected chi connectivity index (χ3v) is 15.7. The lowest BCUT2D eigenvalue weighted by Crippen LogP contribution is -2.30. The molecule has 0 N–H and O–H groups in total. The summed E-state index contributed by atoms with van der Waals surface area (Å²) in [6.07, 6.45) is 79.1. The zero-order chi connectivity index (χ0) is 55.0. The minimum absolute atomic E-state index is 0.0671. The maximum absolute atomic E-state index is 12.9. The van der Waals surface area contributed by atoms with Gasteiger partial charge in [0, 0.05) is 19.3 Å². The highest BCUT2D eigenvalue weighted by Crippen LogP contribution is 2.19. The van der Waals surface area contributed by atoms with E-state index >= 15 is 0 Å². The molecule has 6 heteroatoms. The van der Waals surface area contributed by atoms with Gasteiger partial charge in [-0.25, -0.2) is 0 Å². The minimum Gasteiger partial charge on any atom is -0.462 e. The fourth-order valence-corrected chi connectivity index (χ4v) is 10.5. The third kappa shape index (κ3) is 62.7.